The minimum atomic E-state index is -0.380. The van der Waals surface area contributed by atoms with Crippen molar-refractivity contribution in [1.82, 2.24) is 0 Å². The number of benzene rings is 1. The molecule has 1 unspecified atom stereocenters. The Kier molecular flexibility index (Phi) is 3.07. The lowest BCUT2D eigenvalue weighted by molar-refractivity contribution is -0.384. The first-order valence-corrected chi connectivity index (χ1v) is 5.97. The van der Waals surface area contributed by atoms with Gasteiger partial charge in [0.05, 0.1) is 4.92 Å². The maximum atomic E-state index is 11.3. The van der Waals surface area contributed by atoms with Crippen LogP contribution in [0.2, 0.25) is 0 Å². The summed E-state index contributed by atoms with van der Waals surface area (Å²) in [4.78, 5) is 22.1. The lowest BCUT2D eigenvalue weighted by Gasteiger charge is -2.11. The molecule has 0 aliphatic heterocycles. The molecule has 96 valence electrons. The quantitative estimate of drug-likeness (QED) is 0.645. The van der Waals surface area contributed by atoms with Crippen LogP contribution in [0.25, 0.3) is 0 Å². The zero-order chi connectivity index (χ0) is 13.4. The van der Waals surface area contributed by atoms with Crippen LogP contribution in [0.15, 0.2) is 6.07 Å². The molecule has 0 saturated heterocycles. The molecule has 1 aromatic rings. The van der Waals surface area contributed by atoms with Gasteiger partial charge >= 0.3 is 0 Å². The van der Waals surface area contributed by atoms with E-state index in [2.05, 4.69) is 12.2 Å². The van der Waals surface area contributed by atoms with Gasteiger partial charge in [0.25, 0.3) is 5.69 Å². The molecule has 0 saturated carbocycles. The summed E-state index contributed by atoms with van der Waals surface area (Å²) in [5.41, 5.74) is 3.00. The summed E-state index contributed by atoms with van der Waals surface area (Å²) in [7, 11) is 0. The maximum Gasteiger partial charge on any atom is 0.296 e. The number of nitro groups is 1. The Morgan fingerprint density at radius 1 is 1.50 bits per heavy atom. The maximum absolute atomic E-state index is 11.3. The molecule has 1 aliphatic carbocycles. The number of rotatable bonds is 2. The second kappa shape index (κ2) is 4.40. The van der Waals surface area contributed by atoms with Gasteiger partial charge < -0.3 is 5.32 Å². The fourth-order valence-corrected chi connectivity index (χ4v) is 2.65. The number of nitro benzene ring substituents is 1. The van der Waals surface area contributed by atoms with E-state index in [1.165, 1.54) is 6.92 Å². The molecule has 1 aromatic carbocycles. The number of amides is 1. The highest BCUT2D eigenvalue weighted by Gasteiger charge is 2.31. The van der Waals surface area contributed by atoms with Crippen LogP contribution in [0.4, 0.5) is 11.4 Å². The SMILES string of the molecule is CC(=O)Nc1c(C)cc2c(c1[N+](=O)[O-])CC(C)C2. The number of hydrogen-bond acceptors (Lipinski definition) is 3. The number of fused-ring (bicyclic) bond motifs is 1. The number of anilines is 1. The summed E-state index contributed by atoms with van der Waals surface area (Å²) in [6, 6.07) is 1.96. The molecular weight excluding hydrogens is 232 g/mol. The summed E-state index contributed by atoms with van der Waals surface area (Å²) in [6.45, 7) is 5.23. The fourth-order valence-electron chi connectivity index (χ4n) is 2.65. The lowest BCUT2D eigenvalue weighted by Crippen LogP contribution is -2.11. The van der Waals surface area contributed by atoms with E-state index in [4.69, 9.17) is 0 Å². The van der Waals surface area contributed by atoms with Gasteiger partial charge in [0.1, 0.15) is 5.69 Å². The molecular formula is C13H16N2O3. The van der Waals surface area contributed by atoms with Gasteiger partial charge in [0, 0.05) is 12.5 Å². The molecule has 1 atom stereocenters. The minimum Gasteiger partial charge on any atom is -0.320 e. The number of carbonyl (C=O) groups is 1. The monoisotopic (exact) mass is 248 g/mol. The fraction of sp³-hybridized carbons (Fsp3) is 0.462. The Labute approximate surface area is 105 Å². The molecule has 5 heteroatoms. The van der Waals surface area contributed by atoms with Gasteiger partial charge in [-0.25, -0.2) is 0 Å². The van der Waals surface area contributed by atoms with E-state index in [1.54, 1.807) is 6.92 Å². The van der Waals surface area contributed by atoms with Gasteiger partial charge in [-0.3, -0.25) is 14.9 Å². The third kappa shape index (κ3) is 2.08. The summed E-state index contributed by atoms with van der Waals surface area (Å²) >= 11 is 0. The van der Waals surface area contributed by atoms with Crippen LogP contribution in [0.5, 0.6) is 0 Å². The van der Waals surface area contributed by atoms with E-state index in [0.29, 0.717) is 18.0 Å². The standard InChI is InChI=1S/C13H16N2O3/c1-7-4-10-6-8(2)12(14-9(3)16)13(15(17)18)11(10)5-7/h6-7H,4-5H2,1-3H3,(H,14,16). The van der Waals surface area contributed by atoms with Crippen molar-refractivity contribution in [2.24, 2.45) is 5.92 Å². The van der Waals surface area contributed by atoms with E-state index in [0.717, 1.165) is 23.1 Å². The van der Waals surface area contributed by atoms with E-state index < -0.39 is 0 Å². The molecule has 0 radical (unpaired) electrons. The number of nitrogens with zero attached hydrogens (tertiary/aromatic N) is 1. The molecule has 5 nitrogen and oxygen atoms in total. The van der Waals surface area contributed by atoms with E-state index in [1.807, 2.05) is 6.07 Å². The predicted molar refractivity (Wildman–Crippen MR) is 68.7 cm³/mol. The van der Waals surface area contributed by atoms with Crippen LogP contribution in [-0.4, -0.2) is 10.8 Å². The van der Waals surface area contributed by atoms with Crippen molar-refractivity contribution in [3.8, 4) is 0 Å². The van der Waals surface area contributed by atoms with E-state index in [9.17, 15) is 14.9 Å². The highest BCUT2D eigenvalue weighted by molar-refractivity contribution is 5.93. The number of hydrogen-bond donors (Lipinski definition) is 1. The van der Waals surface area contributed by atoms with Gasteiger partial charge in [-0.1, -0.05) is 13.0 Å². The largest absolute Gasteiger partial charge is 0.320 e. The number of nitrogens with one attached hydrogen (secondary N) is 1. The molecule has 0 heterocycles. The summed E-state index contributed by atoms with van der Waals surface area (Å²) in [5, 5.41) is 13.9. The summed E-state index contributed by atoms with van der Waals surface area (Å²) in [5.74, 6) is 0.137. The van der Waals surface area contributed by atoms with Crippen LogP contribution in [0.3, 0.4) is 0 Å². The molecule has 1 amide bonds. The smallest absolute Gasteiger partial charge is 0.296 e. The van der Waals surface area contributed by atoms with Crippen molar-refractivity contribution in [3.63, 3.8) is 0 Å². The van der Waals surface area contributed by atoms with Crippen LogP contribution in [0, 0.1) is 23.0 Å². The van der Waals surface area contributed by atoms with Crippen molar-refractivity contribution in [2.45, 2.75) is 33.6 Å². The third-order valence-corrected chi connectivity index (χ3v) is 3.30. The highest BCUT2D eigenvalue weighted by atomic mass is 16.6. The zero-order valence-corrected chi connectivity index (χ0v) is 10.7. The van der Waals surface area contributed by atoms with E-state index in [-0.39, 0.29) is 16.5 Å². The first-order valence-electron chi connectivity index (χ1n) is 5.97. The molecule has 18 heavy (non-hydrogen) atoms. The van der Waals surface area contributed by atoms with Crippen molar-refractivity contribution in [3.05, 3.63) is 32.9 Å². The van der Waals surface area contributed by atoms with Crippen LogP contribution >= 0.6 is 0 Å². The second-order valence-electron chi connectivity index (χ2n) is 5.01. The second-order valence-corrected chi connectivity index (χ2v) is 5.01. The molecule has 0 spiro atoms. The Morgan fingerprint density at radius 2 is 2.17 bits per heavy atom. The first kappa shape index (κ1) is 12.5. The molecule has 0 bridgehead atoms. The molecule has 1 aliphatic rings. The minimum absolute atomic E-state index is 0.0737. The van der Waals surface area contributed by atoms with Crippen LogP contribution < -0.4 is 5.32 Å². The summed E-state index contributed by atoms with van der Waals surface area (Å²) in [6.07, 6.45) is 1.58. The number of carbonyl (C=O) groups excluding carboxylic acids is 1. The molecule has 0 fully saturated rings. The molecule has 1 N–H and O–H groups in total. The van der Waals surface area contributed by atoms with Crippen molar-refractivity contribution in [2.75, 3.05) is 5.32 Å². The topological polar surface area (TPSA) is 72.2 Å². The summed E-state index contributed by atoms with van der Waals surface area (Å²) < 4.78 is 0. The average molecular weight is 248 g/mol. The Balaban J connectivity index is 2.63. The van der Waals surface area contributed by atoms with Gasteiger partial charge in [-0.2, -0.15) is 0 Å². The normalized spacial score (nSPS) is 17.4. The van der Waals surface area contributed by atoms with Crippen LogP contribution in [0.1, 0.15) is 30.5 Å². The van der Waals surface area contributed by atoms with Gasteiger partial charge in [0.15, 0.2) is 0 Å². The zero-order valence-electron chi connectivity index (χ0n) is 10.7. The highest BCUT2D eigenvalue weighted by Crippen LogP contribution is 2.40. The molecule has 2 rings (SSSR count). The van der Waals surface area contributed by atoms with Gasteiger partial charge in [-0.05, 0) is 36.8 Å². The predicted octanol–water partition coefficient (Wildman–Crippen LogP) is 2.60. The van der Waals surface area contributed by atoms with Crippen molar-refractivity contribution < 1.29 is 9.72 Å². The van der Waals surface area contributed by atoms with Crippen molar-refractivity contribution >= 4 is 17.3 Å². The Hall–Kier alpha value is -1.91. The Bertz CT molecular complexity index is 538. The van der Waals surface area contributed by atoms with Gasteiger partial charge in [0.2, 0.25) is 5.91 Å². The average Bonchev–Trinajstić information content (AvgIpc) is 2.57. The Morgan fingerprint density at radius 3 is 2.72 bits per heavy atom. The van der Waals surface area contributed by atoms with Gasteiger partial charge in [-0.15, -0.1) is 0 Å². The third-order valence-electron chi connectivity index (χ3n) is 3.30. The van der Waals surface area contributed by atoms with E-state index >= 15 is 0 Å². The molecule has 0 aromatic heterocycles. The number of aryl methyl sites for hydroxylation is 1. The van der Waals surface area contributed by atoms with Crippen molar-refractivity contribution in [1.29, 1.82) is 0 Å². The van der Waals surface area contributed by atoms with Crippen LogP contribution in [-0.2, 0) is 17.6 Å². The first-order chi connectivity index (χ1) is 8.40. The lowest BCUT2D eigenvalue weighted by atomic mass is 10.0.